The summed E-state index contributed by atoms with van der Waals surface area (Å²) in [6, 6.07) is 22.4. The molecule has 0 radical (unpaired) electrons. The lowest BCUT2D eigenvalue weighted by Gasteiger charge is -2.39. The van der Waals surface area contributed by atoms with Crippen LogP contribution in [-0.4, -0.2) is 39.8 Å². The summed E-state index contributed by atoms with van der Waals surface area (Å²) in [7, 11) is 0. The van der Waals surface area contributed by atoms with Gasteiger partial charge < -0.3 is 15.0 Å². The molecule has 1 saturated heterocycles. The molecule has 0 atom stereocenters. The lowest BCUT2D eigenvalue weighted by molar-refractivity contribution is 0.200. The second kappa shape index (κ2) is 6.52. The highest BCUT2D eigenvalue weighted by Crippen LogP contribution is 2.34. The van der Waals surface area contributed by atoms with E-state index < -0.39 is 0 Å². The number of aliphatic hydroxyl groups excluding tert-OH is 1. The minimum absolute atomic E-state index is 0.221. The Morgan fingerprint density at radius 3 is 2.26 bits per heavy atom. The van der Waals surface area contributed by atoms with Crippen LogP contribution in [0.2, 0.25) is 0 Å². The van der Waals surface area contributed by atoms with E-state index in [4.69, 9.17) is 9.97 Å². The smallest absolute Gasteiger partial charge is 0.163 e. The Morgan fingerprint density at radius 1 is 0.926 bits per heavy atom. The van der Waals surface area contributed by atoms with Crippen molar-refractivity contribution < 1.29 is 5.11 Å². The minimum Gasteiger partial charge on any atom is -0.396 e. The third-order valence-corrected chi connectivity index (χ3v) is 5.10. The van der Waals surface area contributed by atoms with Crippen LogP contribution in [0.15, 0.2) is 66.7 Å². The number of aromatic nitrogens is 3. The Morgan fingerprint density at radius 2 is 1.59 bits per heavy atom. The van der Waals surface area contributed by atoms with E-state index in [2.05, 4.69) is 28.1 Å². The summed E-state index contributed by atoms with van der Waals surface area (Å²) in [5, 5.41) is 10.4. The maximum Gasteiger partial charge on any atom is 0.163 e. The van der Waals surface area contributed by atoms with Crippen molar-refractivity contribution in [2.75, 3.05) is 24.6 Å². The second-order valence-corrected chi connectivity index (χ2v) is 7.00. The fourth-order valence-electron chi connectivity index (χ4n) is 3.58. The van der Waals surface area contributed by atoms with Crippen LogP contribution in [0.3, 0.4) is 0 Å². The average molecular weight is 356 g/mol. The summed E-state index contributed by atoms with van der Waals surface area (Å²) in [4.78, 5) is 15.4. The van der Waals surface area contributed by atoms with Gasteiger partial charge in [-0.15, -0.1) is 0 Å². The summed E-state index contributed by atoms with van der Waals surface area (Å²) in [5.41, 5.74) is 3.99. The molecule has 27 heavy (non-hydrogen) atoms. The van der Waals surface area contributed by atoms with E-state index in [0.29, 0.717) is 11.7 Å². The zero-order valence-corrected chi connectivity index (χ0v) is 14.8. The molecule has 0 amide bonds. The van der Waals surface area contributed by atoms with Crippen molar-refractivity contribution in [1.29, 1.82) is 0 Å². The van der Waals surface area contributed by atoms with Crippen molar-refractivity contribution in [3.8, 4) is 22.6 Å². The first kappa shape index (κ1) is 16.0. The van der Waals surface area contributed by atoms with Crippen LogP contribution in [0.5, 0.6) is 0 Å². The van der Waals surface area contributed by atoms with Crippen LogP contribution < -0.4 is 4.90 Å². The SMILES string of the molecule is OCC1CN(c2nc(-c3ccccc3)nc3[nH]c(-c4ccccc4)cc23)C1. The first-order valence-electron chi connectivity index (χ1n) is 9.19. The maximum atomic E-state index is 9.38. The third kappa shape index (κ3) is 2.86. The molecule has 5 heteroatoms. The number of fused-ring (bicyclic) bond motifs is 1. The van der Waals surface area contributed by atoms with Gasteiger partial charge in [0.1, 0.15) is 11.5 Å². The van der Waals surface area contributed by atoms with E-state index in [0.717, 1.165) is 46.8 Å². The summed E-state index contributed by atoms with van der Waals surface area (Å²) in [6.45, 7) is 1.87. The van der Waals surface area contributed by atoms with Crippen LogP contribution in [0.1, 0.15) is 0 Å². The molecule has 2 N–H and O–H groups in total. The lowest BCUT2D eigenvalue weighted by Crippen LogP contribution is -2.48. The molecule has 0 spiro atoms. The number of nitrogens with zero attached hydrogens (tertiary/aromatic N) is 3. The van der Waals surface area contributed by atoms with Crippen molar-refractivity contribution in [3.63, 3.8) is 0 Å². The lowest BCUT2D eigenvalue weighted by atomic mass is 10.0. The number of hydrogen-bond donors (Lipinski definition) is 2. The molecule has 5 nitrogen and oxygen atoms in total. The zero-order valence-electron chi connectivity index (χ0n) is 14.8. The van der Waals surface area contributed by atoms with Crippen LogP contribution in [0.4, 0.5) is 5.82 Å². The van der Waals surface area contributed by atoms with Gasteiger partial charge >= 0.3 is 0 Å². The number of nitrogens with one attached hydrogen (secondary N) is 1. The number of rotatable bonds is 4. The number of aliphatic hydroxyl groups is 1. The van der Waals surface area contributed by atoms with E-state index in [1.54, 1.807) is 0 Å². The van der Waals surface area contributed by atoms with Crippen LogP contribution in [-0.2, 0) is 0 Å². The standard InChI is InChI=1S/C22H20N4O/c27-14-15-12-26(13-15)22-18-11-19(16-7-3-1-4-8-16)23-21(18)24-20(25-22)17-9-5-2-6-10-17/h1-11,15,27H,12-14H2,(H,23,24,25). The van der Waals surface area contributed by atoms with Crippen molar-refractivity contribution in [2.24, 2.45) is 5.92 Å². The Labute approximate surface area is 157 Å². The van der Waals surface area contributed by atoms with Gasteiger partial charge in [0, 0.05) is 36.9 Å². The molecule has 1 aliphatic rings. The first-order chi connectivity index (χ1) is 13.3. The normalized spacial score (nSPS) is 14.5. The molecule has 0 saturated carbocycles. The average Bonchev–Trinajstić information content (AvgIpc) is 3.13. The van der Waals surface area contributed by atoms with Gasteiger partial charge in [-0.05, 0) is 11.6 Å². The third-order valence-electron chi connectivity index (χ3n) is 5.10. The highest BCUT2D eigenvalue weighted by molar-refractivity contribution is 5.93. The Kier molecular flexibility index (Phi) is 3.87. The minimum atomic E-state index is 0.221. The van der Waals surface area contributed by atoms with Gasteiger partial charge in [-0.2, -0.15) is 0 Å². The van der Waals surface area contributed by atoms with Crippen molar-refractivity contribution in [1.82, 2.24) is 15.0 Å². The van der Waals surface area contributed by atoms with Gasteiger partial charge in [-0.1, -0.05) is 60.7 Å². The molecule has 2 aromatic heterocycles. The zero-order chi connectivity index (χ0) is 18.2. The number of anilines is 1. The molecule has 2 aromatic carbocycles. The Bertz CT molecular complexity index is 1070. The van der Waals surface area contributed by atoms with Crippen molar-refractivity contribution >= 4 is 16.9 Å². The fraction of sp³-hybridized carbons (Fsp3) is 0.182. The van der Waals surface area contributed by atoms with E-state index in [-0.39, 0.29) is 6.61 Å². The van der Waals surface area contributed by atoms with Crippen LogP contribution in [0, 0.1) is 5.92 Å². The molecule has 1 fully saturated rings. The summed E-state index contributed by atoms with van der Waals surface area (Å²) in [6.07, 6.45) is 0. The largest absolute Gasteiger partial charge is 0.396 e. The predicted molar refractivity (Wildman–Crippen MR) is 108 cm³/mol. The Hall–Kier alpha value is -3.18. The van der Waals surface area contributed by atoms with Gasteiger partial charge in [0.2, 0.25) is 0 Å². The Balaban J connectivity index is 1.66. The van der Waals surface area contributed by atoms with Crippen molar-refractivity contribution in [3.05, 3.63) is 66.7 Å². The molecule has 134 valence electrons. The van der Waals surface area contributed by atoms with E-state index in [9.17, 15) is 5.11 Å². The van der Waals surface area contributed by atoms with E-state index >= 15 is 0 Å². The summed E-state index contributed by atoms with van der Waals surface area (Å²) in [5.74, 6) is 1.97. The van der Waals surface area contributed by atoms with Gasteiger partial charge in [0.25, 0.3) is 0 Å². The highest BCUT2D eigenvalue weighted by atomic mass is 16.3. The number of hydrogen-bond acceptors (Lipinski definition) is 4. The summed E-state index contributed by atoms with van der Waals surface area (Å²) < 4.78 is 0. The molecule has 0 unspecified atom stereocenters. The van der Waals surface area contributed by atoms with Crippen molar-refractivity contribution in [2.45, 2.75) is 0 Å². The topological polar surface area (TPSA) is 65.0 Å². The number of aromatic amines is 1. The molecule has 3 heterocycles. The molecular weight excluding hydrogens is 336 g/mol. The van der Waals surface area contributed by atoms with Gasteiger partial charge in [-0.3, -0.25) is 0 Å². The highest BCUT2D eigenvalue weighted by Gasteiger charge is 2.29. The molecule has 0 bridgehead atoms. The second-order valence-electron chi connectivity index (χ2n) is 7.00. The number of benzene rings is 2. The van der Waals surface area contributed by atoms with Crippen LogP contribution in [0.25, 0.3) is 33.7 Å². The molecule has 5 rings (SSSR count). The molecule has 0 aliphatic carbocycles. The van der Waals surface area contributed by atoms with Gasteiger partial charge in [0.05, 0.1) is 5.39 Å². The maximum absolute atomic E-state index is 9.38. The quantitative estimate of drug-likeness (QED) is 0.585. The van der Waals surface area contributed by atoms with Gasteiger partial charge in [0.15, 0.2) is 5.82 Å². The first-order valence-corrected chi connectivity index (χ1v) is 9.19. The van der Waals surface area contributed by atoms with Crippen LogP contribution >= 0.6 is 0 Å². The predicted octanol–water partition coefficient (Wildman–Crippen LogP) is 3.72. The number of H-pyrrole nitrogens is 1. The van der Waals surface area contributed by atoms with E-state index in [1.807, 2.05) is 48.5 Å². The monoisotopic (exact) mass is 356 g/mol. The summed E-state index contributed by atoms with van der Waals surface area (Å²) >= 11 is 0. The molecule has 4 aromatic rings. The fourth-order valence-corrected chi connectivity index (χ4v) is 3.58. The van der Waals surface area contributed by atoms with E-state index in [1.165, 1.54) is 0 Å². The molecule has 1 aliphatic heterocycles. The van der Waals surface area contributed by atoms with Gasteiger partial charge in [-0.25, -0.2) is 9.97 Å². The molecular formula is C22H20N4O.